The molecule has 1 N–H and O–H groups in total. The van der Waals surface area contributed by atoms with Crippen LogP contribution in [0.1, 0.15) is 39.5 Å². The standard InChI is InChI=1S/C13H28N2/c1-6-7-8-9-10-11-14-12-13(2,3)15(4)5/h6,14H,1,7-12H2,2-5H3. The number of rotatable bonds is 9. The highest BCUT2D eigenvalue weighted by Gasteiger charge is 2.18. The summed E-state index contributed by atoms with van der Waals surface area (Å²) in [6.45, 7) is 10.4. The third-order valence-corrected chi connectivity index (χ3v) is 3.03. The van der Waals surface area contributed by atoms with Crippen molar-refractivity contribution in [2.75, 3.05) is 27.2 Å². The van der Waals surface area contributed by atoms with Crippen LogP contribution in [0.25, 0.3) is 0 Å². The first-order valence-electron chi connectivity index (χ1n) is 6.00. The lowest BCUT2D eigenvalue weighted by Gasteiger charge is -2.32. The summed E-state index contributed by atoms with van der Waals surface area (Å²) < 4.78 is 0. The zero-order chi connectivity index (χ0) is 11.7. The molecule has 0 rings (SSSR count). The number of hydrogen-bond donors (Lipinski definition) is 1. The van der Waals surface area contributed by atoms with Crippen molar-refractivity contribution in [1.29, 1.82) is 0 Å². The van der Waals surface area contributed by atoms with E-state index in [2.05, 4.69) is 44.7 Å². The Morgan fingerprint density at radius 3 is 2.40 bits per heavy atom. The van der Waals surface area contributed by atoms with Crippen molar-refractivity contribution in [2.45, 2.75) is 45.1 Å². The second-order valence-corrected chi connectivity index (χ2v) is 5.02. The Bertz CT molecular complexity index is 162. The van der Waals surface area contributed by atoms with E-state index in [1.54, 1.807) is 0 Å². The van der Waals surface area contributed by atoms with Crippen LogP contribution in [0.5, 0.6) is 0 Å². The van der Waals surface area contributed by atoms with Gasteiger partial charge in [-0.15, -0.1) is 6.58 Å². The van der Waals surface area contributed by atoms with Crippen LogP contribution in [-0.2, 0) is 0 Å². The van der Waals surface area contributed by atoms with Crippen molar-refractivity contribution >= 4 is 0 Å². The maximum atomic E-state index is 3.73. The van der Waals surface area contributed by atoms with Crippen molar-refractivity contribution < 1.29 is 0 Å². The predicted molar refractivity (Wildman–Crippen MR) is 69.3 cm³/mol. The quantitative estimate of drug-likeness (QED) is 0.467. The molecule has 0 unspecified atom stereocenters. The number of nitrogens with one attached hydrogen (secondary N) is 1. The smallest absolute Gasteiger partial charge is 0.0271 e. The molecule has 90 valence electrons. The lowest BCUT2D eigenvalue weighted by Crippen LogP contribution is -2.46. The minimum absolute atomic E-state index is 0.251. The average molecular weight is 212 g/mol. The predicted octanol–water partition coefficient (Wildman–Crippen LogP) is 2.66. The molecule has 0 amide bonds. The van der Waals surface area contributed by atoms with Gasteiger partial charge in [0.2, 0.25) is 0 Å². The molecule has 0 aliphatic carbocycles. The van der Waals surface area contributed by atoms with Crippen molar-refractivity contribution in [3.63, 3.8) is 0 Å². The highest BCUT2D eigenvalue weighted by Crippen LogP contribution is 2.07. The van der Waals surface area contributed by atoms with Crippen LogP contribution in [0.2, 0.25) is 0 Å². The zero-order valence-corrected chi connectivity index (χ0v) is 11.0. The summed E-state index contributed by atoms with van der Waals surface area (Å²) in [5, 5.41) is 3.52. The molecular weight excluding hydrogens is 184 g/mol. The highest BCUT2D eigenvalue weighted by molar-refractivity contribution is 4.79. The van der Waals surface area contributed by atoms with Crippen LogP contribution in [0, 0.1) is 0 Å². The first-order valence-corrected chi connectivity index (χ1v) is 6.00. The van der Waals surface area contributed by atoms with Crippen molar-refractivity contribution in [1.82, 2.24) is 10.2 Å². The molecule has 0 aromatic rings. The van der Waals surface area contributed by atoms with Crippen LogP contribution in [-0.4, -0.2) is 37.6 Å². The Labute approximate surface area is 95.7 Å². The molecule has 0 saturated heterocycles. The monoisotopic (exact) mass is 212 g/mol. The van der Waals surface area contributed by atoms with Gasteiger partial charge in [-0.3, -0.25) is 0 Å². The van der Waals surface area contributed by atoms with Gasteiger partial charge in [0.15, 0.2) is 0 Å². The van der Waals surface area contributed by atoms with E-state index < -0.39 is 0 Å². The van der Waals surface area contributed by atoms with E-state index in [9.17, 15) is 0 Å². The number of unbranched alkanes of at least 4 members (excludes halogenated alkanes) is 3. The van der Waals surface area contributed by atoms with Crippen molar-refractivity contribution in [3.05, 3.63) is 12.7 Å². The second-order valence-electron chi connectivity index (χ2n) is 5.02. The van der Waals surface area contributed by atoms with Crippen LogP contribution < -0.4 is 5.32 Å². The third-order valence-electron chi connectivity index (χ3n) is 3.03. The molecule has 0 aromatic heterocycles. The molecule has 0 spiro atoms. The van der Waals surface area contributed by atoms with E-state index >= 15 is 0 Å². The largest absolute Gasteiger partial charge is 0.315 e. The van der Waals surface area contributed by atoms with E-state index in [1.807, 2.05) is 6.08 Å². The lowest BCUT2D eigenvalue weighted by molar-refractivity contribution is 0.190. The minimum atomic E-state index is 0.251. The van der Waals surface area contributed by atoms with E-state index in [4.69, 9.17) is 0 Å². The Balaban J connectivity index is 3.34. The average Bonchev–Trinajstić information content (AvgIpc) is 2.16. The normalized spacial score (nSPS) is 12.1. The number of hydrogen-bond acceptors (Lipinski definition) is 2. The summed E-state index contributed by atoms with van der Waals surface area (Å²) in [6, 6.07) is 0. The topological polar surface area (TPSA) is 15.3 Å². The maximum Gasteiger partial charge on any atom is 0.0271 e. The lowest BCUT2D eigenvalue weighted by atomic mass is 10.0. The molecule has 0 aromatic carbocycles. The van der Waals surface area contributed by atoms with Gasteiger partial charge < -0.3 is 10.2 Å². The molecule has 0 aliphatic heterocycles. The van der Waals surface area contributed by atoms with Gasteiger partial charge in [-0.05, 0) is 53.8 Å². The zero-order valence-electron chi connectivity index (χ0n) is 11.0. The van der Waals surface area contributed by atoms with Gasteiger partial charge in [-0.2, -0.15) is 0 Å². The van der Waals surface area contributed by atoms with Crippen LogP contribution in [0.15, 0.2) is 12.7 Å². The molecule has 0 aliphatic rings. The first kappa shape index (κ1) is 14.7. The highest BCUT2D eigenvalue weighted by atomic mass is 15.2. The van der Waals surface area contributed by atoms with Gasteiger partial charge in [-0.1, -0.05) is 12.5 Å². The number of allylic oxidation sites excluding steroid dienone is 1. The summed E-state index contributed by atoms with van der Waals surface area (Å²) in [4.78, 5) is 2.26. The van der Waals surface area contributed by atoms with Gasteiger partial charge >= 0.3 is 0 Å². The fourth-order valence-electron chi connectivity index (χ4n) is 1.27. The van der Waals surface area contributed by atoms with E-state index in [0.717, 1.165) is 19.5 Å². The Hall–Kier alpha value is -0.340. The fraction of sp³-hybridized carbons (Fsp3) is 0.846. The van der Waals surface area contributed by atoms with Crippen molar-refractivity contribution in [3.8, 4) is 0 Å². The molecule has 0 saturated carbocycles. The molecule has 2 nitrogen and oxygen atoms in total. The molecule has 0 fully saturated rings. The number of nitrogens with zero attached hydrogens (tertiary/aromatic N) is 1. The van der Waals surface area contributed by atoms with Gasteiger partial charge in [0.1, 0.15) is 0 Å². The SMILES string of the molecule is C=CCCCCCNCC(C)(C)N(C)C. The van der Waals surface area contributed by atoms with Crippen LogP contribution in [0.4, 0.5) is 0 Å². The van der Waals surface area contributed by atoms with E-state index in [0.29, 0.717) is 0 Å². The summed E-state index contributed by atoms with van der Waals surface area (Å²) >= 11 is 0. The summed E-state index contributed by atoms with van der Waals surface area (Å²) in [5.41, 5.74) is 0.251. The summed E-state index contributed by atoms with van der Waals surface area (Å²) in [5.74, 6) is 0. The molecule has 0 radical (unpaired) electrons. The molecule has 15 heavy (non-hydrogen) atoms. The molecule has 0 bridgehead atoms. The van der Waals surface area contributed by atoms with Gasteiger partial charge in [0.25, 0.3) is 0 Å². The van der Waals surface area contributed by atoms with Crippen LogP contribution >= 0.6 is 0 Å². The van der Waals surface area contributed by atoms with Crippen molar-refractivity contribution in [2.24, 2.45) is 0 Å². The van der Waals surface area contributed by atoms with Gasteiger partial charge in [0.05, 0.1) is 0 Å². The molecular formula is C13H28N2. The van der Waals surface area contributed by atoms with Crippen LogP contribution in [0.3, 0.4) is 0 Å². The van der Waals surface area contributed by atoms with E-state index in [-0.39, 0.29) is 5.54 Å². The second kappa shape index (κ2) is 7.89. The molecule has 0 atom stereocenters. The maximum absolute atomic E-state index is 3.73. The Morgan fingerprint density at radius 2 is 1.87 bits per heavy atom. The summed E-state index contributed by atoms with van der Waals surface area (Å²) in [6.07, 6.45) is 7.02. The Morgan fingerprint density at radius 1 is 1.20 bits per heavy atom. The minimum Gasteiger partial charge on any atom is -0.315 e. The fourth-order valence-corrected chi connectivity index (χ4v) is 1.27. The van der Waals surface area contributed by atoms with Gasteiger partial charge in [-0.25, -0.2) is 0 Å². The Kier molecular flexibility index (Phi) is 7.71. The molecule has 0 heterocycles. The number of likely N-dealkylation sites (N-methyl/N-ethyl adjacent to an activating group) is 1. The summed E-state index contributed by atoms with van der Waals surface area (Å²) in [7, 11) is 4.26. The third kappa shape index (κ3) is 7.57. The van der Waals surface area contributed by atoms with E-state index in [1.165, 1.54) is 19.3 Å². The van der Waals surface area contributed by atoms with Gasteiger partial charge in [0, 0.05) is 12.1 Å². The first-order chi connectivity index (χ1) is 7.00. The molecule has 2 heteroatoms.